The number of hydrogen-bond donors (Lipinski definition) is 3. The summed E-state index contributed by atoms with van der Waals surface area (Å²) in [6.45, 7) is 22.4. The number of amides is 1. The molecule has 2 heterocycles. The summed E-state index contributed by atoms with van der Waals surface area (Å²) in [5, 5.41) is 12.8. The van der Waals surface area contributed by atoms with Crippen LogP contribution in [0.4, 0.5) is 5.69 Å². The lowest BCUT2D eigenvalue weighted by molar-refractivity contribution is -0.112. The number of nitrogens with zero attached hydrogens (tertiary/aromatic N) is 1. The van der Waals surface area contributed by atoms with Crippen LogP contribution in [0, 0.1) is 11.8 Å². The quantitative estimate of drug-likeness (QED) is 0.308. The third kappa shape index (κ3) is 13.5. The van der Waals surface area contributed by atoms with Crippen LogP contribution in [0.5, 0.6) is 5.75 Å². The van der Waals surface area contributed by atoms with Crippen molar-refractivity contribution in [2.45, 2.75) is 76.2 Å². The van der Waals surface area contributed by atoms with E-state index in [4.69, 9.17) is 0 Å². The van der Waals surface area contributed by atoms with E-state index in [0.717, 1.165) is 22.9 Å². The molecule has 0 radical (unpaired) electrons. The highest BCUT2D eigenvalue weighted by molar-refractivity contribution is 6.05. The zero-order valence-corrected chi connectivity index (χ0v) is 24.1. The van der Waals surface area contributed by atoms with Gasteiger partial charge in [0.1, 0.15) is 11.4 Å². The number of aromatic nitrogens is 2. The van der Waals surface area contributed by atoms with Gasteiger partial charge in [-0.3, -0.25) is 9.59 Å². The molecule has 3 N–H and O–H groups in total. The van der Waals surface area contributed by atoms with E-state index in [1.165, 1.54) is 37.3 Å². The van der Waals surface area contributed by atoms with Gasteiger partial charge in [0.05, 0.1) is 11.9 Å². The summed E-state index contributed by atoms with van der Waals surface area (Å²) in [5.41, 5.74) is 2.42. The third-order valence-corrected chi connectivity index (χ3v) is 4.71. The van der Waals surface area contributed by atoms with Crippen LogP contribution in [0.15, 0.2) is 48.7 Å². The number of carbonyl (C=O) groups excluding carboxylic acids is 2. The van der Waals surface area contributed by atoms with Crippen LogP contribution in [0.3, 0.4) is 0 Å². The molecule has 0 aliphatic heterocycles. The molecule has 36 heavy (non-hydrogen) atoms. The molecule has 6 nitrogen and oxygen atoms in total. The monoisotopic (exact) mass is 497 g/mol. The number of nitrogens with one attached hydrogen (secondary N) is 2. The molecular formula is C30H47N3O3. The third-order valence-electron chi connectivity index (χ3n) is 4.71. The second kappa shape index (κ2) is 19.8. The number of ketones is 1. The molecule has 0 bridgehead atoms. The number of aromatic amines is 1. The lowest BCUT2D eigenvalue weighted by atomic mass is 10.0. The lowest BCUT2D eigenvalue weighted by Gasteiger charge is -2.05. The van der Waals surface area contributed by atoms with Crippen molar-refractivity contribution in [3.8, 4) is 5.75 Å². The first-order valence-electron chi connectivity index (χ1n) is 12.9. The van der Waals surface area contributed by atoms with E-state index in [1.54, 1.807) is 18.3 Å². The number of carbonyl (C=O) groups is 2. The summed E-state index contributed by atoms with van der Waals surface area (Å²) >= 11 is 0. The van der Waals surface area contributed by atoms with E-state index >= 15 is 0 Å². The molecule has 1 aromatic carbocycles. The number of rotatable bonds is 5. The summed E-state index contributed by atoms with van der Waals surface area (Å²) in [7, 11) is 0. The maximum Gasteiger partial charge on any atom is 0.255 e. The first-order valence-corrected chi connectivity index (χ1v) is 12.9. The largest absolute Gasteiger partial charge is 0.508 e. The van der Waals surface area contributed by atoms with Crippen LogP contribution in [0.2, 0.25) is 0 Å². The normalized spacial score (nSPS) is 9.69. The van der Waals surface area contributed by atoms with E-state index in [0.29, 0.717) is 16.9 Å². The Morgan fingerprint density at radius 2 is 1.44 bits per heavy atom. The number of hydrogen-bond acceptors (Lipinski definition) is 4. The Morgan fingerprint density at radius 3 is 1.92 bits per heavy atom. The van der Waals surface area contributed by atoms with Crippen molar-refractivity contribution in [2.24, 2.45) is 11.8 Å². The predicted molar refractivity (Wildman–Crippen MR) is 156 cm³/mol. The van der Waals surface area contributed by atoms with Gasteiger partial charge in [-0.05, 0) is 67.3 Å². The highest BCUT2D eigenvalue weighted by atomic mass is 16.3. The fourth-order valence-electron chi connectivity index (χ4n) is 2.22. The van der Waals surface area contributed by atoms with Gasteiger partial charge in [-0.25, -0.2) is 4.98 Å². The van der Waals surface area contributed by atoms with Crippen molar-refractivity contribution >= 4 is 34.5 Å². The molecular weight excluding hydrogens is 450 g/mol. The first-order chi connectivity index (χ1) is 17.2. The minimum atomic E-state index is -0.289. The molecule has 0 unspecified atom stereocenters. The van der Waals surface area contributed by atoms with E-state index in [-0.39, 0.29) is 17.4 Å². The van der Waals surface area contributed by atoms with Gasteiger partial charge in [0, 0.05) is 16.6 Å². The van der Waals surface area contributed by atoms with Crippen LogP contribution in [-0.4, -0.2) is 26.8 Å². The molecule has 0 spiro atoms. The molecule has 0 aliphatic rings. The van der Waals surface area contributed by atoms with E-state index in [2.05, 4.69) is 43.0 Å². The van der Waals surface area contributed by atoms with Crippen molar-refractivity contribution in [2.75, 3.05) is 5.32 Å². The Bertz CT molecular complexity index is 1030. The minimum absolute atomic E-state index is 0.0385. The highest BCUT2D eigenvalue weighted by Crippen LogP contribution is 2.19. The van der Waals surface area contributed by atoms with Gasteiger partial charge in [0.15, 0.2) is 5.78 Å². The lowest BCUT2D eigenvalue weighted by Crippen LogP contribution is -2.11. The Kier molecular flexibility index (Phi) is 19.2. The maximum atomic E-state index is 12.2. The van der Waals surface area contributed by atoms with Gasteiger partial charge in [0.25, 0.3) is 5.91 Å². The van der Waals surface area contributed by atoms with Gasteiger partial charge >= 0.3 is 0 Å². The zero-order chi connectivity index (χ0) is 28.3. The van der Waals surface area contributed by atoms with Gasteiger partial charge in [-0.1, -0.05) is 69.2 Å². The van der Waals surface area contributed by atoms with E-state index in [1.807, 2.05) is 47.6 Å². The van der Waals surface area contributed by atoms with Gasteiger partial charge < -0.3 is 15.4 Å². The number of H-pyrrole nitrogens is 1. The summed E-state index contributed by atoms with van der Waals surface area (Å²) in [6.07, 6.45) is 4.70. The predicted octanol–water partition coefficient (Wildman–Crippen LogP) is 8.50. The van der Waals surface area contributed by atoms with Crippen LogP contribution >= 0.6 is 0 Å². The number of aromatic hydroxyl groups is 1. The van der Waals surface area contributed by atoms with Crippen molar-refractivity contribution in [1.82, 2.24) is 9.97 Å². The number of fused-ring (bicyclic) bond motifs is 1. The van der Waals surface area contributed by atoms with Crippen molar-refractivity contribution in [1.29, 1.82) is 0 Å². The van der Waals surface area contributed by atoms with E-state index < -0.39 is 0 Å². The van der Waals surface area contributed by atoms with Gasteiger partial charge in [-0.2, -0.15) is 0 Å². The molecule has 0 atom stereocenters. The average molecular weight is 498 g/mol. The Hall–Kier alpha value is -3.41. The summed E-state index contributed by atoms with van der Waals surface area (Å²) in [6, 6.07) is 9.63. The van der Waals surface area contributed by atoms with Gasteiger partial charge in [-0.15, -0.1) is 0 Å². The van der Waals surface area contributed by atoms with E-state index in [9.17, 15) is 14.7 Å². The fourth-order valence-corrected chi connectivity index (χ4v) is 2.22. The second-order valence-corrected chi connectivity index (χ2v) is 7.82. The molecule has 3 rings (SSSR count). The Morgan fingerprint density at radius 1 is 0.917 bits per heavy atom. The molecule has 0 saturated carbocycles. The molecule has 3 aromatic rings. The molecule has 0 fully saturated rings. The standard InChI is InChI=1S/C18H15N3O3.C6H14.3C2H6/c1-11(22)2-5-14-8-13-9-15(10-19-17(13)20-14)21-18(24)12-3-6-16(23)7-4-12;1-5(2)6(3)4;3*1-2/h2-10,23H,1H3,(H,19,20)(H,21,24);5-6H,1-4H3;3*1-2H3/b5-2+;;;;. The number of allylic oxidation sites excluding steroid dienone is 1. The summed E-state index contributed by atoms with van der Waals surface area (Å²) in [5.74, 6) is 1.48. The molecule has 0 saturated heterocycles. The van der Waals surface area contributed by atoms with Crippen LogP contribution in [0.1, 0.15) is 92.2 Å². The number of phenolic OH excluding ortho intramolecular Hbond substituents is 1. The second-order valence-electron chi connectivity index (χ2n) is 7.82. The summed E-state index contributed by atoms with van der Waals surface area (Å²) < 4.78 is 0. The number of anilines is 1. The zero-order valence-electron chi connectivity index (χ0n) is 24.1. The number of phenols is 1. The van der Waals surface area contributed by atoms with Crippen LogP contribution in [-0.2, 0) is 4.79 Å². The molecule has 2 aromatic heterocycles. The number of benzene rings is 1. The molecule has 6 heteroatoms. The first kappa shape index (κ1) is 34.8. The molecule has 0 aliphatic carbocycles. The Labute approximate surface area is 218 Å². The Balaban J connectivity index is 0. The molecule has 200 valence electrons. The minimum Gasteiger partial charge on any atom is -0.508 e. The maximum absolute atomic E-state index is 12.2. The van der Waals surface area contributed by atoms with Crippen molar-refractivity contribution < 1.29 is 14.7 Å². The fraction of sp³-hybridized carbons (Fsp3) is 0.433. The highest BCUT2D eigenvalue weighted by Gasteiger charge is 2.08. The average Bonchev–Trinajstić information content (AvgIpc) is 3.29. The van der Waals surface area contributed by atoms with Crippen LogP contribution in [0.25, 0.3) is 17.1 Å². The molecule has 1 amide bonds. The number of pyridine rings is 1. The topological polar surface area (TPSA) is 95.1 Å². The SMILES string of the molecule is CC.CC.CC.CC(=O)/C=C/c1cc2cc(NC(=O)c3ccc(O)cc3)cnc2[nH]1.CC(C)C(C)C. The smallest absolute Gasteiger partial charge is 0.255 e. The van der Waals surface area contributed by atoms with Gasteiger partial charge in [0.2, 0.25) is 0 Å². The van der Waals surface area contributed by atoms with Crippen molar-refractivity contribution in [3.63, 3.8) is 0 Å². The van der Waals surface area contributed by atoms with Crippen molar-refractivity contribution in [3.05, 3.63) is 59.9 Å². The summed E-state index contributed by atoms with van der Waals surface area (Å²) in [4.78, 5) is 30.5. The van der Waals surface area contributed by atoms with Crippen LogP contribution < -0.4 is 5.32 Å².